The summed E-state index contributed by atoms with van der Waals surface area (Å²) in [4.78, 5) is 14.9. The molecule has 0 saturated heterocycles. The van der Waals surface area contributed by atoms with Crippen LogP contribution in [-0.2, 0) is 10.0 Å². The summed E-state index contributed by atoms with van der Waals surface area (Å²) in [5.41, 5.74) is 0.271. The lowest BCUT2D eigenvalue weighted by atomic mass is 10.2. The van der Waals surface area contributed by atoms with Crippen molar-refractivity contribution in [2.24, 2.45) is 0 Å². The summed E-state index contributed by atoms with van der Waals surface area (Å²) in [7, 11) is -2.47. The minimum atomic E-state index is -3.86. The standard InChI is InChI=1S/C13H11BrN2O4S/c1-16(9-3-2-6-15-8-9)21(19,20)10-4-5-12(14)11(7-10)13(17)18/h2-8H,1H3,(H,17,18). The van der Waals surface area contributed by atoms with Gasteiger partial charge in [-0.05, 0) is 46.3 Å². The number of aromatic carboxylic acids is 1. The van der Waals surface area contributed by atoms with E-state index >= 15 is 0 Å². The van der Waals surface area contributed by atoms with Gasteiger partial charge < -0.3 is 5.11 Å². The van der Waals surface area contributed by atoms with E-state index in [0.717, 1.165) is 10.4 Å². The number of carboxylic acids is 1. The van der Waals surface area contributed by atoms with E-state index in [9.17, 15) is 13.2 Å². The van der Waals surface area contributed by atoms with Crippen LogP contribution in [0.15, 0.2) is 52.1 Å². The summed E-state index contributed by atoms with van der Waals surface area (Å²) in [6, 6.07) is 7.08. The van der Waals surface area contributed by atoms with Gasteiger partial charge >= 0.3 is 5.97 Å². The first-order valence-corrected chi connectivity index (χ1v) is 7.99. The number of sulfonamides is 1. The van der Waals surface area contributed by atoms with Gasteiger partial charge in [0.15, 0.2) is 0 Å². The first-order valence-electron chi connectivity index (χ1n) is 5.76. The lowest BCUT2D eigenvalue weighted by Crippen LogP contribution is -2.26. The third-order valence-electron chi connectivity index (χ3n) is 2.84. The predicted octanol–water partition coefficient (Wildman–Crippen LogP) is 2.37. The third-order valence-corrected chi connectivity index (χ3v) is 5.31. The second-order valence-electron chi connectivity index (χ2n) is 4.13. The lowest BCUT2D eigenvalue weighted by Gasteiger charge is -2.19. The Kier molecular flexibility index (Phi) is 4.29. The molecule has 0 fully saturated rings. The maximum absolute atomic E-state index is 12.5. The number of rotatable bonds is 4. The SMILES string of the molecule is CN(c1cccnc1)S(=O)(=O)c1ccc(Br)c(C(=O)O)c1. The molecule has 0 unspecified atom stereocenters. The van der Waals surface area contributed by atoms with Crippen molar-refractivity contribution in [2.45, 2.75) is 4.90 Å². The van der Waals surface area contributed by atoms with Gasteiger partial charge in [-0.1, -0.05) is 0 Å². The number of anilines is 1. The highest BCUT2D eigenvalue weighted by atomic mass is 79.9. The number of carbonyl (C=O) groups is 1. The van der Waals surface area contributed by atoms with Gasteiger partial charge in [0.05, 0.1) is 22.3 Å². The maximum atomic E-state index is 12.5. The molecular weight excluding hydrogens is 360 g/mol. The van der Waals surface area contributed by atoms with Crippen LogP contribution in [-0.4, -0.2) is 31.5 Å². The van der Waals surface area contributed by atoms with Crippen molar-refractivity contribution in [3.05, 3.63) is 52.8 Å². The largest absolute Gasteiger partial charge is 0.478 e. The summed E-state index contributed by atoms with van der Waals surface area (Å²) < 4.78 is 26.4. The summed E-state index contributed by atoms with van der Waals surface area (Å²) in [6.45, 7) is 0. The van der Waals surface area contributed by atoms with Gasteiger partial charge in [0.25, 0.3) is 10.0 Å². The van der Waals surface area contributed by atoms with Crippen molar-refractivity contribution in [3.8, 4) is 0 Å². The monoisotopic (exact) mass is 370 g/mol. The minimum absolute atomic E-state index is 0.102. The molecule has 1 heterocycles. The first kappa shape index (κ1) is 15.5. The predicted molar refractivity (Wildman–Crippen MR) is 80.9 cm³/mol. The molecule has 0 atom stereocenters. The highest BCUT2D eigenvalue weighted by Gasteiger charge is 2.23. The van der Waals surface area contributed by atoms with Gasteiger partial charge in [-0.3, -0.25) is 9.29 Å². The van der Waals surface area contributed by atoms with Gasteiger partial charge in [0, 0.05) is 17.7 Å². The van der Waals surface area contributed by atoms with Crippen LogP contribution in [0, 0.1) is 0 Å². The molecule has 0 spiro atoms. The van der Waals surface area contributed by atoms with E-state index in [2.05, 4.69) is 20.9 Å². The van der Waals surface area contributed by atoms with Crippen molar-refractivity contribution in [2.75, 3.05) is 11.4 Å². The van der Waals surface area contributed by atoms with E-state index in [4.69, 9.17) is 5.11 Å². The summed E-state index contributed by atoms with van der Waals surface area (Å²) in [6.07, 6.45) is 2.95. The Hall–Kier alpha value is -1.93. The van der Waals surface area contributed by atoms with E-state index in [1.165, 1.54) is 31.6 Å². The van der Waals surface area contributed by atoms with Crippen molar-refractivity contribution in [1.82, 2.24) is 4.98 Å². The molecule has 1 N–H and O–H groups in total. The molecule has 0 aliphatic carbocycles. The normalized spacial score (nSPS) is 11.1. The van der Waals surface area contributed by atoms with Gasteiger partial charge in [-0.15, -0.1) is 0 Å². The average molecular weight is 371 g/mol. The van der Waals surface area contributed by atoms with Gasteiger partial charge in [0.2, 0.25) is 0 Å². The Bertz CT molecular complexity index is 778. The van der Waals surface area contributed by atoms with Crippen molar-refractivity contribution in [1.29, 1.82) is 0 Å². The van der Waals surface area contributed by atoms with Crippen LogP contribution in [0.3, 0.4) is 0 Å². The fourth-order valence-electron chi connectivity index (χ4n) is 1.67. The number of halogens is 1. The average Bonchev–Trinajstić information content (AvgIpc) is 2.47. The molecule has 110 valence electrons. The van der Waals surface area contributed by atoms with E-state index in [0.29, 0.717) is 10.2 Å². The molecular formula is C13H11BrN2O4S. The lowest BCUT2D eigenvalue weighted by molar-refractivity contribution is 0.0695. The Morgan fingerprint density at radius 3 is 2.62 bits per heavy atom. The minimum Gasteiger partial charge on any atom is -0.478 e. The van der Waals surface area contributed by atoms with Crippen LogP contribution in [0.1, 0.15) is 10.4 Å². The molecule has 0 radical (unpaired) electrons. The van der Waals surface area contributed by atoms with Crippen LogP contribution in [0.2, 0.25) is 0 Å². The quantitative estimate of drug-likeness (QED) is 0.892. The van der Waals surface area contributed by atoms with Crippen LogP contribution in [0.5, 0.6) is 0 Å². The van der Waals surface area contributed by atoms with Crippen LogP contribution in [0.4, 0.5) is 5.69 Å². The van der Waals surface area contributed by atoms with Crippen molar-refractivity contribution in [3.63, 3.8) is 0 Å². The van der Waals surface area contributed by atoms with E-state index in [1.54, 1.807) is 12.1 Å². The Morgan fingerprint density at radius 2 is 2.05 bits per heavy atom. The molecule has 0 saturated carbocycles. The molecule has 1 aromatic carbocycles. The number of hydrogen-bond donors (Lipinski definition) is 1. The Labute approximate surface area is 130 Å². The number of pyridine rings is 1. The zero-order chi connectivity index (χ0) is 15.6. The van der Waals surface area contributed by atoms with Crippen LogP contribution in [0.25, 0.3) is 0 Å². The topological polar surface area (TPSA) is 87.6 Å². The number of hydrogen-bond acceptors (Lipinski definition) is 4. The molecule has 0 bridgehead atoms. The summed E-state index contributed by atoms with van der Waals surface area (Å²) in [5.74, 6) is -1.21. The number of carboxylic acid groups (broad SMARTS) is 1. The smallest absolute Gasteiger partial charge is 0.336 e. The van der Waals surface area contributed by atoms with Crippen molar-refractivity contribution < 1.29 is 18.3 Å². The van der Waals surface area contributed by atoms with E-state index in [1.807, 2.05) is 0 Å². The van der Waals surface area contributed by atoms with Gasteiger partial charge in [-0.25, -0.2) is 13.2 Å². The molecule has 2 rings (SSSR count). The fraction of sp³-hybridized carbons (Fsp3) is 0.0769. The highest BCUT2D eigenvalue weighted by Crippen LogP contribution is 2.25. The molecule has 0 amide bonds. The van der Waals surface area contributed by atoms with Crippen LogP contribution < -0.4 is 4.31 Å². The number of nitrogens with zero attached hydrogens (tertiary/aromatic N) is 2. The molecule has 2 aromatic rings. The second-order valence-corrected chi connectivity index (χ2v) is 6.95. The molecule has 21 heavy (non-hydrogen) atoms. The zero-order valence-electron chi connectivity index (χ0n) is 10.9. The Morgan fingerprint density at radius 1 is 1.33 bits per heavy atom. The second kappa shape index (κ2) is 5.82. The van der Waals surface area contributed by atoms with Gasteiger partial charge in [-0.2, -0.15) is 0 Å². The maximum Gasteiger partial charge on any atom is 0.336 e. The fourth-order valence-corrected chi connectivity index (χ4v) is 3.29. The zero-order valence-corrected chi connectivity index (χ0v) is 13.3. The molecule has 0 aliphatic heterocycles. The van der Waals surface area contributed by atoms with E-state index < -0.39 is 16.0 Å². The van der Waals surface area contributed by atoms with E-state index in [-0.39, 0.29) is 10.5 Å². The van der Waals surface area contributed by atoms with Crippen molar-refractivity contribution >= 4 is 37.6 Å². The Balaban J connectivity index is 2.50. The molecule has 8 heteroatoms. The molecule has 1 aromatic heterocycles. The van der Waals surface area contributed by atoms with Crippen LogP contribution >= 0.6 is 15.9 Å². The first-order chi connectivity index (χ1) is 9.84. The molecule has 0 aliphatic rings. The summed E-state index contributed by atoms with van der Waals surface area (Å²) in [5, 5.41) is 9.06. The van der Waals surface area contributed by atoms with Gasteiger partial charge in [0.1, 0.15) is 0 Å². The summed E-state index contributed by atoms with van der Waals surface area (Å²) >= 11 is 3.08. The third kappa shape index (κ3) is 3.06. The number of aromatic nitrogens is 1. The molecule has 6 nitrogen and oxygen atoms in total. The highest BCUT2D eigenvalue weighted by molar-refractivity contribution is 9.10. The number of benzene rings is 1.